The average Bonchev–Trinajstić information content (AvgIpc) is 3.10. The second-order valence-corrected chi connectivity index (χ2v) is 5.11. The van der Waals surface area contributed by atoms with Crippen molar-refractivity contribution in [1.29, 1.82) is 0 Å². The Morgan fingerprint density at radius 3 is 2.50 bits per heavy atom. The van der Waals surface area contributed by atoms with Crippen molar-refractivity contribution in [2.24, 2.45) is 0 Å². The number of hydrogen-bond donors (Lipinski definition) is 0. The summed E-state index contributed by atoms with van der Waals surface area (Å²) in [6.07, 6.45) is 2.83. The van der Waals surface area contributed by atoms with E-state index < -0.39 is 0 Å². The fourth-order valence-electron chi connectivity index (χ4n) is 1.97. The van der Waals surface area contributed by atoms with Gasteiger partial charge in [-0.25, -0.2) is 0 Å². The first kappa shape index (κ1) is 11.8. The van der Waals surface area contributed by atoms with Gasteiger partial charge in [0.1, 0.15) is 5.69 Å². The molecule has 0 atom stereocenters. The highest BCUT2D eigenvalue weighted by molar-refractivity contribution is 6.39. The molecule has 5 heteroatoms. The van der Waals surface area contributed by atoms with Crippen LogP contribution in [0.1, 0.15) is 34.9 Å². The lowest BCUT2D eigenvalue weighted by Gasteiger charge is -2.03. The molecule has 1 fully saturated rings. The molecule has 2 aromatic rings. The number of benzene rings is 1. The predicted octanol–water partition coefficient (Wildman–Crippen LogP) is 4.34. The van der Waals surface area contributed by atoms with E-state index in [1.54, 1.807) is 18.2 Å². The summed E-state index contributed by atoms with van der Waals surface area (Å²) in [5.74, 6) is 0.962. The van der Waals surface area contributed by atoms with Crippen LogP contribution in [-0.4, -0.2) is 11.4 Å². The largest absolute Gasteiger partial charge is 0.360 e. The molecule has 18 heavy (non-hydrogen) atoms. The minimum atomic E-state index is 0.313. The van der Waals surface area contributed by atoms with Gasteiger partial charge in [-0.15, -0.1) is 0 Å². The minimum Gasteiger partial charge on any atom is -0.360 e. The predicted molar refractivity (Wildman–Crippen MR) is 69.3 cm³/mol. The molecular formula is C13H9Cl2NO2. The van der Waals surface area contributed by atoms with Gasteiger partial charge < -0.3 is 4.52 Å². The fourth-order valence-corrected chi connectivity index (χ4v) is 2.54. The molecule has 1 heterocycles. The van der Waals surface area contributed by atoms with E-state index in [0.717, 1.165) is 19.1 Å². The quantitative estimate of drug-likeness (QED) is 0.786. The first-order chi connectivity index (χ1) is 8.72. The number of aldehydes is 1. The lowest BCUT2D eigenvalue weighted by Crippen LogP contribution is -1.90. The van der Waals surface area contributed by atoms with E-state index in [2.05, 4.69) is 5.16 Å². The van der Waals surface area contributed by atoms with Gasteiger partial charge in [-0.3, -0.25) is 4.79 Å². The van der Waals surface area contributed by atoms with E-state index in [9.17, 15) is 4.79 Å². The highest BCUT2D eigenvalue weighted by Gasteiger charge is 2.33. The highest BCUT2D eigenvalue weighted by atomic mass is 35.5. The summed E-state index contributed by atoms with van der Waals surface area (Å²) < 4.78 is 5.28. The van der Waals surface area contributed by atoms with Gasteiger partial charge in [0.2, 0.25) is 0 Å². The van der Waals surface area contributed by atoms with Gasteiger partial charge in [-0.1, -0.05) is 34.4 Å². The van der Waals surface area contributed by atoms with Crippen LogP contribution < -0.4 is 0 Å². The van der Waals surface area contributed by atoms with E-state index >= 15 is 0 Å². The number of carbonyl (C=O) groups is 1. The molecule has 0 radical (unpaired) electrons. The van der Waals surface area contributed by atoms with Gasteiger partial charge >= 0.3 is 0 Å². The van der Waals surface area contributed by atoms with Crippen LogP contribution in [0.5, 0.6) is 0 Å². The standard InChI is InChI=1S/C13H9Cl2NO2/c14-9-2-1-3-10(15)11(9)12-8(6-17)13(18-16-12)7-4-5-7/h1-3,6-7H,4-5H2. The molecule has 1 aromatic heterocycles. The van der Waals surface area contributed by atoms with Gasteiger partial charge in [-0.05, 0) is 25.0 Å². The Morgan fingerprint density at radius 2 is 1.94 bits per heavy atom. The van der Waals surface area contributed by atoms with E-state index in [1.807, 2.05) is 0 Å². The van der Waals surface area contributed by atoms with Crippen LogP contribution in [0.2, 0.25) is 10.0 Å². The first-order valence-corrected chi connectivity index (χ1v) is 6.37. The van der Waals surface area contributed by atoms with Crippen molar-refractivity contribution in [2.45, 2.75) is 18.8 Å². The maximum Gasteiger partial charge on any atom is 0.155 e. The number of nitrogens with zero attached hydrogens (tertiary/aromatic N) is 1. The molecule has 1 aliphatic rings. The third-order valence-corrected chi connectivity index (χ3v) is 3.65. The van der Waals surface area contributed by atoms with E-state index in [4.69, 9.17) is 27.7 Å². The van der Waals surface area contributed by atoms with Crippen LogP contribution in [-0.2, 0) is 0 Å². The third kappa shape index (κ3) is 1.84. The maximum absolute atomic E-state index is 11.3. The number of hydrogen-bond acceptors (Lipinski definition) is 3. The smallest absolute Gasteiger partial charge is 0.155 e. The monoisotopic (exact) mass is 281 g/mol. The SMILES string of the molecule is O=Cc1c(-c2c(Cl)cccc2Cl)noc1C1CC1. The van der Waals surface area contributed by atoms with Crippen molar-refractivity contribution in [2.75, 3.05) is 0 Å². The zero-order valence-corrected chi connectivity index (χ0v) is 10.8. The van der Waals surface area contributed by atoms with E-state index in [0.29, 0.717) is 38.5 Å². The molecule has 3 rings (SSSR count). The van der Waals surface area contributed by atoms with Crippen LogP contribution in [0.15, 0.2) is 22.7 Å². The molecule has 0 bridgehead atoms. The van der Waals surface area contributed by atoms with Crippen LogP contribution in [0.4, 0.5) is 0 Å². The molecule has 0 amide bonds. The van der Waals surface area contributed by atoms with Gasteiger partial charge in [0, 0.05) is 11.5 Å². The minimum absolute atomic E-state index is 0.313. The Kier molecular flexibility index (Phi) is 2.88. The van der Waals surface area contributed by atoms with Gasteiger partial charge in [-0.2, -0.15) is 0 Å². The van der Waals surface area contributed by atoms with Crippen molar-refractivity contribution in [3.05, 3.63) is 39.6 Å². The molecule has 0 aliphatic heterocycles. The van der Waals surface area contributed by atoms with Crippen LogP contribution in [0, 0.1) is 0 Å². The molecule has 0 spiro atoms. The molecule has 92 valence electrons. The molecular weight excluding hydrogens is 273 g/mol. The maximum atomic E-state index is 11.3. The van der Waals surface area contributed by atoms with E-state index in [-0.39, 0.29) is 0 Å². The highest BCUT2D eigenvalue weighted by Crippen LogP contribution is 2.45. The first-order valence-electron chi connectivity index (χ1n) is 5.61. The number of carbonyl (C=O) groups excluding carboxylic acids is 1. The molecule has 1 aliphatic carbocycles. The summed E-state index contributed by atoms with van der Waals surface area (Å²) in [5, 5.41) is 4.88. The Labute approximate surface area is 114 Å². The lowest BCUT2D eigenvalue weighted by molar-refractivity contribution is 0.112. The van der Waals surface area contributed by atoms with Crippen LogP contribution in [0.3, 0.4) is 0 Å². The molecule has 0 saturated heterocycles. The summed E-state index contributed by atoms with van der Waals surface area (Å²) in [4.78, 5) is 11.3. The molecule has 1 aromatic carbocycles. The zero-order valence-electron chi connectivity index (χ0n) is 9.32. The Bertz CT molecular complexity index is 597. The second-order valence-electron chi connectivity index (χ2n) is 4.30. The molecule has 3 nitrogen and oxygen atoms in total. The Hall–Kier alpha value is -1.32. The summed E-state index contributed by atoms with van der Waals surface area (Å²) in [7, 11) is 0. The third-order valence-electron chi connectivity index (χ3n) is 3.02. The second kappa shape index (κ2) is 4.41. The number of rotatable bonds is 3. The van der Waals surface area contributed by atoms with Crippen LogP contribution in [0.25, 0.3) is 11.3 Å². The average molecular weight is 282 g/mol. The zero-order chi connectivity index (χ0) is 12.7. The van der Waals surface area contributed by atoms with Crippen LogP contribution >= 0.6 is 23.2 Å². The number of aromatic nitrogens is 1. The van der Waals surface area contributed by atoms with Crippen molar-refractivity contribution in [1.82, 2.24) is 5.16 Å². The molecule has 1 saturated carbocycles. The van der Waals surface area contributed by atoms with Crippen molar-refractivity contribution in [3.63, 3.8) is 0 Å². The molecule has 0 N–H and O–H groups in total. The van der Waals surface area contributed by atoms with Crippen molar-refractivity contribution in [3.8, 4) is 11.3 Å². The lowest BCUT2D eigenvalue weighted by atomic mass is 10.1. The number of halogens is 2. The van der Waals surface area contributed by atoms with Gasteiger partial charge in [0.15, 0.2) is 12.0 Å². The van der Waals surface area contributed by atoms with Gasteiger partial charge in [0.25, 0.3) is 0 Å². The van der Waals surface area contributed by atoms with Crippen molar-refractivity contribution >= 4 is 29.5 Å². The Balaban J connectivity index is 2.19. The summed E-state index contributed by atoms with van der Waals surface area (Å²) in [5.41, 5.74) is 1.45. The normalized spacial score (nSPS) is 14.8. The topological polar surface area (TPSA) is 43.1 Å². The van der Waals surface area contributed by atoms with E-state index in [1.165, 1.54) is 0 Å². The Morgan fingerprint density at radius 1 is 1.28 bits per heavy atom. The summed E-state index contributed by atoms with van der Waals surface area (Å²) in [6, 6.07) is 5.17. The molecule has 0 unspecified atom stereocenters. The summed E-state index contributed by atoms with van der Waals surface area (Å²) in [6.45, 7) is 0. The fraction of sp³-hybridized carbons (Fsp3) is 0.231. The van der Waals surface area contributed by atoms with Crippen molar-refractivity contribution < 1.29 is 9.32 Å². The van der Waals surface area contributed by atoms with Gasteiger partial charge in [0.05, 0.1) is 15.6 Å². The summed E-state index contributed by atoms with van der Waals surface area (Å²) >= 11 is 12.2.